The fourth-order valence-corrected chi connectivity index (χ4v) is 2.99. The van der Waals surface area contributed by atoms with Crippen molar-refractivity contribution in [2.24, 2.45) is 5.41 Å². The zero-order chi connectivity index (χ0) is 15.1. The van der Waals surface area contributed by atoms with Gasteiger partial charge in [0.05, 0.1) is 0 Å². The summed E-state index contributed by atoms with van der Waals surface area (Å²) < 4.78 is 0. The maximum atomic E-state index is 10.1. The fraction of sp³-hybridized carbons (Fsp3) is 0.667. The third kappa shape index (κ3) is 4.26. The van der Waals surface area contributed by atoms with E-state index in [1.54, 1.807) is 0 Å². The van der Waals surface area contributed by atoms with Crippen molar-refractivity contribution in [2.45, 2.75) is 72.6 Å². The normalized spacial score (nSPS) is 13.7. The first kappa shape index (κ1) is 16.1. The van der Waals surface area contributed by atoms with Crippen molar-refractivity contribution in [1.29, 1.82) is 0 Å². The number of hydrogen-bond acceptors (Lipinski definition) is 1. The number of phenolic OH excluding ortho intramolecular Hbond substituents is 1. The van der Waals surface area contributed by atoms with Crippen molar-refractivity contribution in [3.8, 4) is 5.75 Å². The lowest BCUT2D eigenvalue weighted by Crippen LogP contribution is -2.25. The molecule has 0 aromatic heterocycles. The number of phenols is 1. The largest absolute Gasteiger partial charge is 0.508 e. The van der Waals surface area contributed by atoms with Gasteiger partial charge in [0.25, 0.3) is 0 Å². The first-order chi connectivity index (χ1) is 8.33. The second kappa shape index (κ2) is 4.85. The van der Waals surface area contributed by atoms with Crippen LogP contribution in [0, 0.1) is 5.41 Å². The molecule has 1 aromatic rings. The Bertz CT molecular complexity index is 442. The van der Waals surface area contributed by atoms with Crippen LogP contribution in [0.1, 0.15) is 72.9 Å². The number of benzene rings is 1. The van der Waals surface area contributed by atoms with Gasteiger partial charge in [-0.15, -0.1) is 0 Å². The molecule has 1 N–H and O–H groups in total. The Morgan fingerprint density at radius 3 is 1.84 bits per heavy atom. The molecule has 108 valence electrons. The van der Waals surface area contributed by atoms with Gasteiger partial charge in [-0.25, -0.2) is 0 Å². The summed E-state index contributed by atoms with van der Waals surface area (Å²) in [7, 11) is 0. The minimum Gasteiger partial charge on any atom is -0.508 e. The predicted octanol–water partition coefficient (Wildman–Crippen LogP) is 5.40. The minimum atomic E-state index is -0.0299. The lowest BCUT2D eigenvalue weighted by molar-refractivity contribution is 0.283. The molecule has 0 saturated carbocycles. The molecule has 0 aliphatic carbocycles. The van der Waals surface area contributed by atoms with Gasteiger partial charge in [0, 0.05) is 0 Å². The van der Waals surface area contributed by atoms with E-state index in [-0.39, 0.29) is 10.8 Å². The van der Waals surface area contributed by atoms with Gasteiger partial charge in [-0.2, -0.15) is 0 Å². The molecule has 0 aliphatic rings. The van der Waals surface area contributed by atoms with Crippen LogP contribution in [0.15, 0.2) is 18.2 Å². The van der Waals surface area contributed by atoms with Crippen LogP contribution in [0.3, 0.4) is 0 Å². The summed E-state index contributed by atoms with van der Waals surface area (Å²) in [6, 6.07) is 6.09. The zero-order valence-corrected chi connectivity index (χ0v) is 13.9. The van der Waals surface area contributed by atoms with Gasteiger partial charge in [0.15, 0.2) is 0 Å². The molecule has 0 atom stereocenters. The van der Waals surface area contributed by atoms with Crippen LogP contribution in [0.5, 0.6) is 5.75 Å². The lowest BCUT2D eigenvalue weighted by atomic mass is 9.71. The third-order valence-electron chi connectivity index (χ3n) is 3.56. The summed E-state index contributed by atoms with van der Waals surface area (Å²) in [6.07, 6.45) is 1.12. The molecule has 0 saturated heterocycles. The van der Waals surface area contributed by atoms with E-state index >= 15 is 0 Å². The number of hydrogen-bond donors (Lipinski definition) is 1. The highest BCUT2D eigenvalue weighted by Gasteiger charge is 2.29. The van der Waals surface area contributed by atoms with Crippen LogP contribution in [0.2, 0.25) is 0 Å². The smallest absolute Gasteiger partial charge is 0.119 e. The molecular formula is C18H30O. The molecule has 1 heteroatoms. The molecule has 0 aliphatic heterocycles. The second-order valence-corrected chi connectivity index (χ2v) is 8.60. The van der Waals surface area contributed by atoms with Crippen LogP contribution in [0.4, 0.5) is 0 Å². The number of rotatable bonds is 2. The van der Waals surface area contributed by atoms with Crippen molar-refractivity contribution in [3.05, 3.63) is 29.3 Å². The zero-order valence-electron chi connectivity index (χ0n) is 13.9. The van der Waals surface area contributed by atoms with E-state index in [4.69, 9.17) is 0 Å². The van der Waals surface area contributed by atoms with E-state index in [1.807, 2.05) is 6.07 Å². The van der Waals surface area contributed by atoms with E-state index in [2.05, 4.69) is 67.5 Å². The lowest BCUT2D eigenvalue weighted by Gasteiger charge is -2.34. The Labute approximate surface area is 119 Å². The first-order valence-corrected chi connectivity index (χ1v) is 7.17. The Hall–Kier alpha value is -0.980. The van der Waals surface area contributed by atoms with Crippen LogP contribution in [0.25, 0.3) is 0 Å². The van der Waals surface area contributed by atoms with Crippen LogP contribution >= 0.6 is 0 Å². The molecule has 0 amide bonds. The molecule has 0 radical (unpaired) electrons. The minimum absolute atomic E-state index is 0.0299. The second-order valence-electron chi connectivity index (χ2n) is 8.60. The highest BCUT2D eigenvalue weighted by atomic mass is 16.3. The topological polar surface area (TPSA) is 20.2 Å². The average molecular weight is 262 g/mol. The van der Waals surface area contributed by atoms with Gasteiger partial charge in [-0.1, -0.05) is 67.5 Å². The summed E-state index contributed by atoms with van der Waals surface area (Å²) in [4.78, 5) is 0. The molecular weight excluding hydrogens is 232 g/mol. The Morgan fingerprint density at radius 1 is 0.895 bits per heavy atom. The van der Waals surface area contributed by atoms with E-state index in [0.717, 1.165) is 12.0 Å². The summed E-state index contributed by atoms with van der Waals surface area (Å²) in [5, 5.41) is 10.1. The summed E-state index contributed by atoms with van der Waals surface area (Å²) in [5.74, 6) is 0.405. The van der Waals surface area contributed by atoms with E-state index in [1.165, 1.54) is 5.56 Å². The standard InChI is InChI=1S/C18H30O/c1-16(2,3)12-18(7,8)13-9-10-15(19)14(11-13)17(4,5)6/h9-11,19H,12H2,1-8H3. The SMILES string of the molecule is CC(C)(C)CC(C)(C)c1ccc(O)c(C(C)(C)C)c1. The van der Waals surface area contributed by atoms with Gasteiger partial charge >= 0.3 is 0 Å². The van der Waals surface area contributed by atoms with Crippen molar-refractivity contribution < 1.29 is 5.11 Å². The predicted molar refractivity (Wildman–Crippen MR) is 83.9 cm³/mol. The summed E-state index contributed by atoms with van der Waals surface area (Å²) >= 11 is 0. The van der Waals surface area contributed by atoms with Crippen molar-refractivity contribution in [3.63, 3.8) is 0 Å². The highest BCUT2D eigenvalue weighted by molar-refractivity contribution is 5.42. The average Bonchev–Trinajstić information content (AvgIpc) is 2.11. The van der Waals surface area contributed by atoms with E-state index in [0.29, 0.717) is 11.2 Å². The van der Waals surface area contributed by atoms with Gasteiger partial charge in [-0.3, -0.25) is 0 Å². The Balaban J connectivity index is 3.22. The highest BCUT2D eigenvalue weighted by Crippen LogP contribution is 2.39. The van der Waals surface area contributed by atoms with Gasteiger partial charge in [0.2, 0.25) is 0 Å². The first-order valence-electron chi connectivity index (χ1n) is 7.17. The van der Waals surface area contributed by atoms with E-state index < -0.39 is 0 Å². The molecule has 0 heterocycles. The summed E-state index contributed by atoms with van der Waals surface area (Å²) in [6.45, 7) is 17.8. The van der Waals surface area contributed by atoms with Gasteiger partial charge in [-0.05, 0) is 39.9 Å². The van der Waals surface area contributed by atoms with Crippen molar-refractivity contribution >= 4 is 0 Å². The molecule has 1 aromatic carbocycles. The summed E-state index contributed by atoms with van der Waals surface area (Å²) in [5.41, 5.74) is 2.73. The van der Waals surface area contributed by atoms with E-state index in [9.17, 15) is 5.11 Å². The van der Waals surface area contributed by atoms with Gasteiger partial charge in [0.1, 0.15) is 5.75 Å². The molecule has 1 nitrogen and oxygen atoms in total. The monoisotopic (exact) mass is 262 g/mol. The number of aromatic hydroxyl groups is 1. The van der Waals surface area contributed by atoms with Crippen LogP contribution in [-0.2, 0) is 10.8 Å². The molecule has 1 rings (SSSR count). The Kier molecular flexibility index (Phi) is 4.10. The van der Waals surface area contributed by atoms with Crippen molar-refractivity contribution in [2.75, 3.05) is 0 Å². The molecule has 0 fully saturated rings. The van der Waals surface area contributed by atoms with Crippen molar-refractivity contribution in [1.82, 2.24) is 0 Å². The maximum absolute atomic E-state index is 10.1. The van der Waals surface area contributed by atoms with Gasteiger partial charge < -0.3 is 5.11 Å². The molecule has 0 unspecified atom stereocenters. The quantitative estimate of drug-likeness (QED) is 0.756. The third-order valence-corrected chi connectivity index (χ3v) is 3.56. The molecule has 0 bridgehead atoms. The fourth-order valence-electron chi connectivity index (χ4n) is 2.99. The molecule has 19 heavy (non-hydrogen) atoms. The maximum Gasteiger partial charge on any atom is 0.119 e. The molecule has 0 spiro atoms. The Morgan fingerprint density at radius 2 is 1.42 bits per heavy atom. The van der Waals surface area contributed by atoms with Crippen LogP contribution in [-0.4, -0.2) is 5.11 Å². The van der Waals surface area contributed by atoms with Crippen LogP contribution < -0.4 is 0 Å².